The highest BCUT2D eigenvalue weighted by Gasteiger charge is 2.14. The summed E-state index contributed by atoms with van der Waals surface area (Å²) >= 11 is 8.84. The van der Waals surface area contributed by atoms with Gasteiger partial charge in [-0.1, -0.05) is 29.0 Å². The molecule has 0 atom stereocenters. The minimum atomic E-state index is -0.0941. The first-order valence-electron chi connectivity index (χ1n) is 6.41. The summed E-state index contributed by atoms with van der Waals surface area (Å²) in [5.74, 6) is 0.541. The molecule has 0 bridgehead atoms. The average Bonchev–Trinajstić information content (AvgIpc) is 3.21. The van der Waals surface area contributed by atoms with Crippen LogP contribution in [0.1, 0.15) is 4.88 Å². The summed E-state index contributed by atoms with van der Waals surface area (Å²) in [5, 5.41) is 10.9. The fraction of sp³-hybridized carbons (Fsp3) is 0. The number of fused-ring (bicyclic) bond motifs is 1. The minimum absolute atomic E-state index is 0.0941. The molecular formula is C15H8ClN3OS2. The van der Waals surface area contributed by atoms with Crippen molar-refractivity contribution < 1.29 is 0 Å². The molecule has 0 aliphatic carbocycles. The number of hydrogen-bond acceptors (Lipinski definition) is 5. The number of aromatic nitrogens is 3. The number of benzene rings is 1. The van der Waals surface area contributed by atoms with Crippen molar-refractivity contribution in [3.8, 4) is 11.4 Å². The first-order valence-corrected chi connectivity index (χ1v) is 8.49. The monoisotopic (exact) mass is 345 g/mol. The molecule has 7 heteroatoms. The van der Waals surface area contributed by atoms with Gasteiger partial charge in [0.05, 0.1) is 4.53 Å². The third-order valence-electron chi connectivity index (χ3n) is 3.17. The fourth-order valence-electron chi connectivity index (χ4n) is 2.15. The molecular weight excluding hydrogens is 338 g/mol. The zero-order valence-corrected chi connectivity index (χ0v) is 13.5. The van der Waals surface area contributed by atoms with Crippen molar-refractivity contribution in [1.29, 1.82) is 0 Å². The maximum Gasteiger partial charge on any atom is 0.276 e. The number of thiophene rings is 1. The van der Waals surface area contributed by atoms with E-state index in [4.69, 9.17) is 11.6 Å². The van der Waals surface area contributed by atoms with Gasteiger partial charge in [0, 0.05) is 15.5 Å². The number of rotatable bonds is 2. The maximum atomic E-state index is 12.6. The summed E-state index contributed by atoms with van der Waals surface area (Å²) in [7, 11) is 0. The van der Waals surface area contributed by atoms with Crippen LogP contribution in [0.5, 0.6) is 0 Å². The van der Waals surface area contributed by atoms with E-state index in [1.165, 1.54) is 11.3 Å². The van der Waals surface area contributed by atoms with E-state index >= 15 is 0 Å². The lowest BCUT2D eigenvalue weighted by molar-refractivity contribution is 1.09. The van der Waals surface area contributed by atoms with Crippen molar-refractivity contribution in [2.24, 2.45) is 0 Å². The fourth-order valence-corrected chi connectivity index (χ4v) is 3.91. The molecule has 3 heterocycles. The third-order valence-corrected chi connectivity index (χ3v) is 5.20. The molecule has 108 valence electrons. The summed E-state index contributed by atoms with van der Waals surface area (Å²) in [6, 6.07) is 11.1. The van der Waals surface area contributed by atoms with Gasteiger partial charge in [-0.3, -0.25) is 4.79 Å². The van der Waals surface area contributed by atoms with Crippen LogP contribution in [0.15, 0.2) is 46.6 Å². The topological polar surface area (TPSA) is 47.3 Å². The lowest BCUT2D eigenvalue weighted by Gasteiger charge is -1.96. The van der Waals surface area contributed by atoms with Gasteiger partial charge in [0.15, 0.2) is 5.82 Å². The molecule has 0 aliphatic heterocycles. The quantitative estimate of drug-likeness (QED) is 0.561. The Kier molecular flexibility index (Phi) is 3.29. The molecule has 4 aromatic rings. The first-order chi connectivity index (χ1) is 10.7. The van der Waals surface area contributed by atoms with Crippen molar-refractivity contribution in [3.05, 3.63) is 66.6 Å². The van der Waals surface area contributed by atoms with Crippen molar-refractivity contribution >= 4 is 45.3 Å². The standard InChI is InChI=1S/C15H8ClN3OS2/c16-10-5-3-9(4-6-10)13-17-18-15-19(13)14(20)12(22-15)8-11-2-1-7-21-11/h1-8H/b12-8+. The Bertz CT molecular complexity index is 1050. The van der Waals surface area contributed by atoms with Crippen LogP contribution in [0.4, 0.5) is 0 Å². The van der Waals surface area contributed by atoms with E-state index in [0.29, 0.717) is 20.3 Å². The molecule has 3 aromatic heterocycles. The Labute approximate surface area is 137 Å². The predicted molar refractivity (Wildman–Crippen MR) is 90.7 cm³/mol. The molecule has 0 fully saturated rings. The molecule has 0 saturated carbocycles. The Morgan fingerprint density at radius 2 is 1.95 bits per heavy atom. The Balaban J connectivity index is 1.94. The van der Waals surface area contributed by atoms with Gasteiger partial charge in [-0.25, -0.2) is 4.40 Å². The Morgan fingerprint density at radius 3 is 2.68 bits per heavy atom. The van der Waals surface area contributed by atoms with Gasteiger partial charge in [0.2, 0.25) is 4.96 Å². The largest absolute Gasteiger partial charge is 0.276 e. The van der Waals surface area contributed by atoms with Crippen LogP contribution in [-0.2, 0) is 0 Å². The van der Waals surface area contributed by atoms with E-state index in [2.05, 4.69) is 10.2 Å². The van der Waals surface area contributed by atoms with Gasteiger partial charge in [0.1, 0.15) is 0 Å². The van der Waals surface area contributed by atoms with E-state index in [9.17, 15) is 4.79 Å². The molecule has 4 nitrogen and oxygen atoms in total. The second kappa shape index (κ2) is 5.31. The molecule has 1 aromatic carbocycles. The Morgan fingerprint density at radius 1 is 1.14 bits per heavy atom. The number of hydrogen-bond donors (Lipinski definition) is 0. The van der Waals surface area contributed by atoms with Crippen molar-refractivity contribution in [3.63, 3.8) is 0 Å². The van der Waals surface area contributed by atoms with Gasteiger partial charge in [-0.2, -0.15) is 0 Å². The summed E-state index contributed by atoms with van der Waals surface area (Å²) in [4.78, 5) is 14.3. The molecule has 0 aliphatic rings. The lowest BCUT2D eigenvalue weighted by Crippen LogP contribution is -2.23. The second-order valence-corrected chi connectivity index (χ2v) is 7.00. The molecule has 0 amide bonds. The van der Waals surface area contributed by atoms with Crippen molar-refractivity contribution in [2.75, 3.05) is 0 Å². The second-order valence-electron chi connectivity index (χ2n) is 4.58. The van der Waals surface area contributed by atoms with E-state index in [1.807, 2.05) is 35.7 Å². The third kappa shape index (κ3) is 2.25. The van der Waals surface area contributed by atoms with Crippen LogP contribution in [0, 0.1) is 0 Å². The average molecular weight is 346 g/mol. The zero-order valence-electron chi connectivity index (χ0n) is 11.1. The van der Waals surface area contributed by atoms with E-state index in [0.717, 1.165) is 10.4 Å². The highest BCUT2D eigenvalue weighted by molar-refractivity contribution is 7.15. The van der Waals surface area contributed by atoms with Gasteiger partial charge in [-0.15, -0.1) is 21.5 Å². The van der Waals surface area contributed by atoms with Crippen LogP contribution < -0.4 is 10.1 Å². The zero-order chi connectivity index (χ0) is 15.1. The molecule has 0 N–H and O–H groups in total. The maximum absolute atomic E-state index is 12.6. The van der Waals surface area contributed by atoms with Crippen LogP contribution in [0.3, 0.4) is 0 Å². The Hall–Kier alpha value is -2.02. The number of halogens is 1. The number of thiazole rings is 1. The van der Waals surface area contributed by atoms with Crippen LogP contribution >= 0.6 is 34.3 Å². The number of nitrogens with zero attached hydrogens (tertiary/aromatic N) is 3. The molecule has 22 heavy (non-hydrogen) atoms. The molecule has 0 radical (unpaired) electrons. The summed E-state index contributed by atoms with van der Waals surface area (Å²) in [6.07, 6.45) is 1.89. The van der Waals surface area contributed by atoms with E-state index in [1.54, 1.807) is 27.9 Å². The van der Waals surface area contributed by atoms with Gasteiger partial charge < -0.3 is 0 Å². The predicted octanol–water partition coefficient (Wildman–Crippen LogP) is 3.08. The molecule has 0 saturated heterocycles. The van der Waals surface area contributed by atoms with Gasteiger partial charge in [-0.05, 0) is 41.8 Å². The van der Waals surface area contributed by atoms with Crippen LogP contribution in [-0.4, -0.2) is 14.6 Å². The van der Waals surface area contributed by atoms with E-state index in [-0.39, 0.29) is 5.56 Å². The highest BCUT2D eigenvalue weighted by Crippen LogP contribution is 2.20. The SMILES string of the molecule is O=c1/c(=C\c2cccs2)sc2nnc(-c3ccc(Cl)cc3)n12. The van der Waals surface area contributed by atoms with Gasteiger partial charge >= 0.3 is 0 Å². The summed E-state index contributed by atoms with van der Waals surface area (Å²) in [6.45, 7) is 0. The summed E-state index contributed by atoms with van der Waals surface area (Å²) < 4.78 is 2.20. The van der Waals surface area contributed by atoms with Crippen molar-refractivity contribution in [2.45, 2.75) is 0 Å². The smallest absolute Gasteiger partial charge is 0.267 e. The molecule has 0 spiro atoms. The van der Waals surface area contributed by atoms with E-state index < -0.39 is 0 Å². The van der Waals surface area contributed by atoms with Crippen molar-refractivity contribution in [1.82, 2.24) is 14.6 Å². The highest BCUT2D eigenvalue weighted by atomic mass is 35.5. The normalized spacial score (nSPS) is 12.3. The minimum Gasteiger partial charge on any atom is -0.267 e. The summed E-state index contributed by atoms with van der Waals surface area (Å²) in [5.41, 5.74) is 0.720. The lowest BCUT2D eigenvalue weighted by atomic mass is 10.2. The van der Waals surface area contributed by atoms with Crippen LogP contribution in [0.25, 0.3) is 22.4 Å². The molecule has 0 unspecified atom stereocenters. The van der Waals surface area contributed by atoms with Gasteiger partial charge in [0.25, 0.3) is 5.56 Å². The molecule has 4 rings (SSSR count). The van der Waals surface area contributed by atoms with Crippen LogP contribution in [0.2, 0.25) is 5.02 Å². The first kappa shape index (κ1) is 13.6.